The summed E-state index contributed by atoms with van der Waals surface area (Å²) in [5.41, 5.74) is 11.7. The highest BCUT2D eigenvalue weighted by molar-refractivity contribution is 6.14. The zero-order valence-electron chi connectivity index (χ0n) is 27.6. The molecule has 0 saturated carbocycles. The van der Waals surface area contributed by atoms with Gasteiger partial charge in [0.2, 0.25) is 0 Å². The van der Waals surface area contributed by atoms with Crippen LogP contribution < -0.4 is 4.90 Å². The SMILES string of the molecule is c1ccc(-c2ccc(N(c3ccc(-n4nc5ccccc5n4)cc3)c3ccc4c(c3)c3cc5ccccc5cc3n4-c3ccccc3)cc2)cc1. The van der Waals surface area contributed by atoms with Crippen LogP contribution in [0.3, 0.4) is 0 Å². The number of nitrogens with zero attached hydrogens (tertiary/aromatic N) is 5. The molecule has 0 atom stereocenters. The van der Waals surface area contributed by atoms with Gasteiger partial charge in [-0.05, 0) is 113 Å². The van der Waals surface area contributed by atoms with Crippen molar-refractivity contribution in [3.05, 3.63) is 188 Å². The summed E-state index contributed by atoms with van der Waals surface area (Å²) in [6.45, 7) is 0. The van der Waals surface area contributed by atoms with Crippen LogP contribution in [-0.2, 0) is 0 Å². The van der Waals surface area contributed by atoms with Gasteiger partial charge in [0.05, 0.1) is 16.7 Å². The van der Waals surface area contributed by atoms with Gasteiger partial charge in [0.25, 0.3) is 0 Å². The van der Waals surface area contributed by atoms with E-state index in [0.29, 0.717) is 0 Å². The minimum atomic E-state index is 0.873. The highest BCUT2D eigenvalue weighted by Crippen LogP contribution is 2.41. The van der Waals surface area contributed by atoms with E-state index in [-0.39, 0.29) is 0 Å². The van der Waals surface area contributed by atoms with Crippen molar-refractivity contribution in [1.82, 2.24) is 19.6 Å². The third-order valence-electron chi connectivity index (χ3n) is 9.75. The molecular weight excluding hydrogens is 623 g/mol. The molecule has 0 spiro atoms. The molecule has 5 nitrogen and oxygen atoms in total. The van der Waals surface area contributed by atoms with Gasteiger partial charge in [-0.2, -0.15) is 4.80 Å². The molecule has 0 unspecified atom stereocenters. The summed E-state index contributed by atoms with van der Waals surface area (Å²) in [6, 6.07) is 66.6. The number of rotatable bonds is 6. The standard InChI is InChI=1S/C46H31N5/c1-3-11-32(12-4-1)33-19-21-37(22-20-33)49(38-23-25-39(26-24-38)51-47-43-17-9-10-18-44(43)48-51)40-27-28-45-42(31-40)41-29-34-13-7-8-14-35(34)30-46(41)50(45)36-15-5-2-6-16-36/h1-31H. The Bertz CT molecular complexity index is 2800. The maximum atomic E-state index is 4.71. The average Bonchev–Trinajstić information content (AvgIpc) is 3.77. The van der Waals surface area contributed by atoms with E-state index in [0.717, 1.165) is 39.5 Å². The predicted octanol–water partition coefficient (Wildman–Crippen LogP) is 11.8. The van der Waals surface area contributed by atoms with E-state index in [4.69, 9.17) is 10.2 Å². The Morgan fingerprint density at radius 3 is 1.59 bits per heavy atom. The Labute approximate surface area is 294 Å². The molecule has 0 aliphatic rings. The molecule has 0 aliphatic carbocycles. The molecule has 2 heterocycles. The van der Waals surface area contributed by atoms with Crippen LogP contribution in [0.2, 0.25) is 0 Å². The summed E-state index contributed by atoms with van der Waals surface area (Å²) >= 11 is 0. The molecule has 5 heteroatoms. The minimum absolute atomic E-state index is 0.873. The molecule has 0 saturated heterocycles. The summed E-state index contributed by atoms with van der Waals surface area (Å²) in [5, 5.41) is 14.3. The third-order valence-corrected chi connectivity index (χ3v) is 9.75. The Balaban J connectivity index is 1.15. The normalized spacial score (nSPS) is 11.5. The molecule has 0 N–H and O–H groups in total. The molecule has 2 aromatic heterocycles. The van der Waals surface area contributed by atoms with Gasteiger partial charge < -0.3 is 9.47 Å². The molecule has 0 amide bonds. The first kappa shape index (κ1) is 29.0. The van der Waals surface area contributed by atoms with Gasteiger partial charge in [-0.15, -0.1) is 10.2 Å². The van der Waals surface area contributed by atoms with E-state index < -0.39 is 0 Å². The van der Waals surface area contributed by atoms with Crippen LogP contribution in [-0.4, -0.2) is 19.6 Å². The van der Waals surface area contributed by atoms with Crippen molar-refractivity contribution in [1.29, 1.82) is 0 Å². The van der Waals surface area contributed by atoms with Crippen LogP contribution in [0.25, 0.3) is 66.1 Å². The van der Waals surface area contributed by atoms with Crippen LogP contribution >= 0.6 is 0 Å². The fraction of sp³-hybridized carbons (Fsp3) is 0. The molecule has 10 aromatic rings. The van der Waals surface area contributed by atoms with Crippen molar-refractivity contribution >= 4 is 60.7 Å². The van der Waals surface area contributed by atoms with Crippen LogP contribution in [0.1, 0.15) is 0 Å². The Morgan fingerprint density at radius 1 is 0.373 bits per heavy atom. The monoisotopic (exact) mass is 653 g/mol. The number of hydrogen-bond acceptors (Lipinski definition) is 3. The van der Waals surface area contributed by atoms with E-state index in [1.54, 1.807) is 4.80 Å². The zero-order chi connectivity index (χ0) is 33.7. The number of para-hydroxylation sites is 1. The number of benzene rings is 8. The first-order valence-corrected chi connectivity index (χ1v) is 17.2. The topological polar surface area (TPSA) is 38.9 Å². The van der Waals surface area contributed by atoms with E-state index in [1.807, 2.05) is 24.3 Å². The number of aromatic nitrogens is 4. The Kier molecular flexibility index (Phi) is 6.74. The molecule has 0 aliphatic heterocycles. The first-order chi connectivity index (χ1) is 25.3. The second-order valence-corrected chi connectivity index (χ2v) is 12.8. The van der Waals surface area contributed by atoms with Gasteiger partial charge in [0.1, 0.15) is 11.0 Å². The lowest BCUT2D eigenvalue weighted by Gasteiger charge is -2.26. The van der Waals surface area contributed by atoms with Crippen LogP contribution in [0.4, 0.5) is 17.1 Å². The molecule has 10 rings (SSSR count). The minimum Gasteiger partial charge on any atom is -0.310 e. The second-order valence-electron chi connectivity index (χ2n) is 12.8. The molecule has 0 fully saturated rings. The molecule has 51 heavy (non-hydrogen) atoms. The van der Waals surface area contributed by atoms with Crippen molar-refractivity contribution in [2.24, 2.45) is 0 Å². The predicted molar refractivity (Wildman–Crippen MR) is 211 cm³/mol. The smallest absolute Gasteiger partial charge is 0.113 e. The van der Waals surface area contributed by atoms with Crippen LogP contribution in [0.15, 0.2) is 188 Å². The lowest BCUT2D eigenvalue weighted by Crippen LogP contribution is -2.10. The number of anilines is 3. The molecule has 240 valence electrons. The quantitative estimate of drug-likeness (QED) is 0.179. The van der Waals surface area contributed by atoms with Gasteiger partial charge in [-0.1, -0.05) is 97.1 Å². The number of fused-ring (bicyclic) bond motifs is 5. The molecule has 8 aromatic carbocycles. The number of hydrogen-bond donors (Lipinski definition) is 0. The van der Waals surface area contributed by atoms with E-state index >= 15 is 0 Å². The molecule has 0 radical (unpaired) electrons. The summed E-state index contributed by atoms with van der Waals surface area (Å²) in [4.78, 5) is 4.04. The highest BCUT2D eigenvalue weighted by atomic mass is 15.5. The Hall–Kier alpha value is -6.98. The van der Waals surface area contributed by atoms with Crippen molar-refractivity contribution in [3.8, 4) is 22.5 Å². The summed E-state index contributed by atoms with van der Waals surface area (Å²) in [7, 11) is 0. The fourth-order valence-electron chi connectivity index (χ4n) is 7.28. The summed E-state index contributed by atoms with van der Waals surface area (Å²) in [5.74, 6) is 0. The zero-order valence-corrected chi connectivity index (χ0v) is 27.6. The fourth-order valence-corrected chi connectivity index (χ4v) is 7.28. The van der Waals surface area contributed by atoms with Crippen LogP contribution in [0.5, 0.6) is 0 Å². The van der Waals surface area contributed by atoms with Crippen molar-refractivity contribution in [3.63, 3.8) is 0 Å². The van der Waals surface area contributed by atoms with E-state index in [9.17, 15) is 0 Å². The largest absolute Gasteiger partial charge is 0.310 e. The molecule has 0 bridgehead atoms. The van der Waals surface area contributed by atoms with Crippen molar-refractivity contribution in [2.75, 3.05) is 4.90 Å². The van der Waals surface area contributed by atoms with Crippen molar-refractivity contribution in [2.45, 2.75) is 0 Å². The average molecular weight is 654 g/mol. The van der Waals surface area contributed by atoms with E-state index in [2.05, 4.69) is 173 Å². The highest BCUT2D eigenvalue weighted by Gasteiger charge is 2.18. The van der Waals surface area contributed by atoms with Crippen LogP contribution in [0, 0.1) is 0 Å². The van der Waals surface area contributed by atoms with Crippen molar-refractivity contribution < 1.29 is 0 Å². The van der Waals surface area contributed by atoms with E-state index in [1.165, 1.54) is 43.7 Å². The first-order valence-electron chi connectivity index (χ1n) is 17.2. The summed E-state index contributed by atoms with van der Waals surface area (Å²) < 4.78 is 2.38. The van der Waals surface area contributed by atoms with Gasteiger partial charge >= 0.3 is 0 Å². The van der Waals surface area contributed by atoms with Gasteiger partial charge in [0, 0.05) is 33.5 Å². The molecular formula is C46H31N5. The lowest BCUT2D eigenvalue weighted by molar-refractivity contribution is 0.766. The maximum Gasteiger partial charge on any atom is 0.113 e. The lowest BCUT2D eigenvalue weighted by atomic mass is 10.0. The van der Waals surface area contributed by atoms with Gasteiger partial charge in [-0.25, -0.2) is 0 Å². The maximum absolute atomic E-state index is 4.71. The Morgan fingerprint density at radius 2 is 0.902 bits per heavy atom. The second kappa shape index (κ2) is 11.9. The van der Waals surface area contributed by atoms with Gasteiger partial charge in [-0.3, -0.25) is 0 Å². The van der Waals surface area contributed by atoms with Gasteiger partial charge in [0.15, 0.2) is 0 Å². The third kappa shape index (κ3) is 5.03. The summed E-state index contributed by atoms with van der Waals surface area (Å²) in [6.07, 6.45) is 0.